The number of hydrogen-bond acceptors (Lipinski definition) is 4. The van der Waals surface area contributed by atoms with Gasteiger partial charge in [-0.1, -0.05) is 30.3 Å². The molecule has 0 aromatic heterocycles. The fourth-order valence-corrected chi connectivity index (χ4v) is 2.72. The Morgan fingerprint density at radius 1 is 1.11 bits per heavy atom. The highest BCUT2D eigenvalue weighted by molar-refractivity contribution is 6.02. The van der Waals surface area contributed by atoms with Crippen molar-refractivity contribution in [1.29, 1.82) is 0 Å². The Balaban J connectivity index is 1.69. The predicted molar refractivity (Wildman–Crippen MR) is 110 cm³/mol. The molecule has 0 aliphatic carbocycles. The minimum atomic E-state index is -0.325. The first-order valence-electron chi connectivity index (χ1n) is 9.02. The molecule has 28 heavy (non-hydrogen) atoms. The molecule has 0 fully saturated rings. The maximum Gasteiger partial charge on any atom is 0.259 e. The van der Waals surface area contributed by atoms with Gasteiger partial charge in [0, 0.05) is 11.3 Å². The molecule has 0 heterocycles. The second-order valence-electron chi connectivity index (χ2n) is 6.52. The van der Waals surface area contributed by atoms with Crippen LogP contribution in [0.3, 0.4) is 0 Å². The zero-order chi connectivity index (χ0) is 19.9. The molecule has 0 spiro atoms. The zero-order valence-corrected chi connectivity index (χ0v) is 15.8. The number of nitrogens with one attached hydrogen (secondary N) is 2. The smallest absolute Gasteiger partial charge is 0.259 e. The van der Waals surface area contributed by atoms with Crippen LogP contribution in [-0.4, -0.2) is 24.8 Å². The summed E-state index contributed by atoms with van der Waals surface area (Å²) < 4.78 is 18.8. The lowest BCUT2D eigenvalue weighted by Gasteiger charge is -2.14. The van der Waals surface area contributed by atoms with Gasteiger partial charge in [0.1, 0.15) is 11.6 Å². The molecule has 5 nitrogen and oxygen atoms in total. The molecule has 3 rings (SSSR count). The lowest BCUT2D eigenvalue weighted by Crippen LogP contribution is -2.25. The van der Waals surface area contributed by atoms with Gasteiger partial charge in [-0.05, 0) is 55.0 Å². The number of anilines is 1. The molecule has 0 atom stereocenters. The number of hydrazone groups is 1. The highest BCUT2D eigenvalue weighted by Gasteiger charge is 2.09. The van der Waals surface area contributed by atoms with Crippen LogP contribution in [0.4, 0.5) is 10.1 Å². The second-order valence-corrected chi connectivity index (χ2v) is 6.52. The number of fused-ring (bicyclic) bond motifs is 1. The molecule has 6 heteroatoms. The van der Waals surface area contributed by atoms with Crippen LogP contribution in [0.25, 0.3) is 10.8 Å². The van der Waals surface area contributed by atoms with Crippen molar-refractivity contribution in [1.82, 2.24) is 5.43 Å². The number of carbonyl (C=O) groups excluding carboxylic acids is 1. The minimum absolute atomic E-state index is 0.0165. The van der Waals surface area contributed by atoms with Gasteiger partial charge < -0.3 is 10.1 Å². The molecule has 1 amide bonds. The van der Waals surface area contributed by atoms with Crippen molar-refractivity contribution < 1.29 is 13.9 Å². The van der Waals surface area contributed by atoms with Crippen molar-refractivity contribution in [3.8, 4) is 5.75 Å². The molecular weight excluding hydrogens is 357 g/mol. The Hall–Kier alpha value is -3.41. The van der Waals surface area contributed by atoms with Crippen LogP contribution in [0, 0.1) is 5.82 Å². The molecule has 0 bridgehead atoms. The first kappa shape index (κ1) is 19.4. The molecule has 144 valence electrons. The van der Waals surface area contributed by atoms with E-state index in [2.05, 4.69) is 15.8 Å². The SMILES string of the molecule is CC(C)Oc1ccc2ccccc2c1/C=N\NC(=O)CNc1ccc(F)cc1. The summed E-state index contributed by atoms with van der Waals surface area (Å²) in [6, 6.07) is 17.6. The van der Waals surface area contributed by atoms with Crippen molar-refractivity contribution in [2.45, 2.75) is 20.0 Å². The molecule has 2 N–H and O–H groups in total. The van der Waals surface area contributed by atoms with Crippen molar-refractivity contribution in [2.75, 3.05) is 11.9 Å². The standard InChI is InChI=1S/C22H22FN3O2/c1-15(2)28-21-12-7-16-5-3-4-6-19(16)20(21)13-25-26-22(27)14-24-18-10-8-17(23)9-11-18/h3-13,15,24H,14H2,1-2H3,(H,26,27)/b25-13-. The fourth-order valence-electron chi connectivity index (χ4n) is 2.72. The Bertz CT molecular complexity index is 985. The van der Waals surface area contributed by atoms with E-state index in [9.17, 15) is 9.18 Å². The molecule has 3 aromatic rings. The van der Waals surface area contributed by atoms with Gasteiger partial charge in [0.05, 0.1) is 18.9 Å². The van der Waals surface area contributed by atoms with Gasteiger partial charge in [0.15, 0.2) is 0 Å². The van der Waals surface area contributed by atoms with Gasteiger partial charge in [0.25, 0.3) is 5.91 Å². The predicted octanol–water partition coefficient (Wildman–Crippen LogP) is 4.33. The number of hydrogen-bond donors (Lipinski definition) is 2. The number of benzene rings is 3. The summed E-state index contributed by atoms with van der Waals surface area (Å²) in [5.41, 5.74) is 3.96. The van der Waals surface area contributed by atoms with Crippen molar-refractivity contribution in [3.63, 3.8) is 0 Å². The van der Waals surface area contributed by atoms with E-state index in [4.69, 9.17) is 4.74 Å². The largest absolute Gasteiger partial charge is 0.490 e. The number of ether oxygens (including phenoxy) is 1. The highest BCUT2D eigenvalue weighted by atomic mass is 19.1. The van der Waals surface area contributed by atoms with Crippen LogP contribution < -0.4 is 15.5 Å². The summed E-state index contributed by atoms with van der Waals surface area (Å²) in [6.07, 6.45) is 1.61. The van der Waals surface area contributed by atoms with Crippen molar-refractivity contribution >= 4 is 28.6 Å². The third-order valence-corrected chi connectivity index (χ3v) is 3.97. The minimum Gasteiger partial charge on any atom is -0.490 e. The normalized spacial score (nSPS) is 11.1. The summed E-state index contributed by atoms with van der Waals surface area (Å²) in [4.78, 5) is 12.0. The van der Waals surface area contributed by atoms with Gasteiger partial charge in [0.2, 0.25) is 0 Å². The molecule has 0 aliphatic rings. The summed E-state index contributed by atoms with van der Waals surface area (Å²) >= 11 is 0. The van der Waals surface area contributed by atoms with E-state index in [1.165, 1.54) is 12.1 Å². The quantitative estimate of drug-likeness (QED) is 0.474. The Morgan fingerprint density at radius 3 is 2.61 bits per heavy atom. The molecule has 0 saturated heterocycles. The van der Waals surface area contributed by atoms with E-state index >= 15 is 0 Å². The summed E-state index contributed by atoms with van der Waals surface area (Å²) in [5, 5.41) is 9.04. The topological polar surface area (TPSA) is 62.7 Å². The van der Waals surface area contributed by atoms with Gasteiger partial charge in [-0.2, -0.15) is 5.10 Å². The van der Waals surface area contributed by atoms with Gasteiger partial charge in [-0.25, -0.2) is 9.82 Å². The van der Waals surface area contributed by atoms with Crippen LogP contribution in [-0.2, 0) is 4.79 Å². The summed E-state index contributed by atoms with van der Waals surface area (Å²) in [6.45, 7) is 3.94. The average Bonchev–Trinajstić information content (AvgIpc) is 2.68. The molecule has 0 saturated carbocycles. The molecule has 3 aromatic carbocycles. The van der Waals surface area contributed by atoms with E-state index < -0.39 is 0 Å². The molecule has 0 radical (unpaired) electrons. The average molecular weight is 379 g/mol. The van der Waals surface area contributed by atoms with Crippen LogP contribution in [0.15, 0.2) is 65.8 Å². The monoisotopic (exact) mass is 379 g/mol. The number of carbonyl (C=O) groups is 1. The van der Waals surface area contributed by atoms with Crippen molar-refractivity contribution in [3.05, 3.63) is 72.0 Å². The van der Waals surface area contributed by atoms with Crippen LogP contribution in [0.1, 0.15) is 19.4 Å². The highest BCUT2D eigenvalue weighted by Crippen LogP contribution is 2.27. The van der Waals surface area contributed by atoms with E-state index in [0.717, 1.165) is 16.3 Å². The fraction of sp³-hybridized carbons (Fsp3) is 0.182. The first-order chi connectivity index (χ1) is 13.5. The van der Waals surface area contributed by atoms with Crippen LogP contribution >= 0.6 is 0 Å². The van der Waals surface area contributed by atoms with Gasteiger partial charge >= 0.3 is 0 Å². The first-order valence-corrected chi connectivity index (χ1v) is 9.02. The van der Waals surface area contributed by atoms with E-state index in [-0.39, 0.29) is 24.4 Å². The number of amides is 1. The third-order valence-electron chi connectivity index (χ3n) is 3.97. The van der Waals surface area contributed by atoms with Gasteiger partial charge in [-0.15, -0.1) is 0 Å². The van der Waals surface area contributed by atoms with Gasteiger partial charge in [-0.3, -0.25) is 4.79 Å². The Kier molecular flexibility index (Phi) is 6.22. The maximum atomic E-state index is 12.9. The van der Waals surface area contributed by atoms with E-state index in [1.807, 2.05) is 50.2 Å². The Morgan fingerprint density at radius 2 is 1.86 bits per heavy atom. The number of rotatable bonds is 7. The summed E-state index contributed by atoms with van der Waals surface area (Å²) in [7, 11) is 0. The second kappa shape index (κ2) is 8.99. The van der Waals surface area contributed by atoms with E-state index in [0.29, 0.717) is 11.4 Å². The number of halogens is 1. The van der Waals surface area contributed by atoms with E-state index in [1.54, 1.807) is 18.3 Å². The zero-order valence-electron chi connectivity index (χ0n) is 15.8. The molecular formula is C22H22FN3O2. The molecule has 0 aliphatic heterocycles. The lowest BCUT2D eigenvalue weighted by atomic mass is 10.0. The maximum absolute atomic E-state index is 12.9. The summed E-state index contributed by atoms with van der Waals surface area (Å²) in [5.74, 6) is 0.0670. The lowest BCUT2D eigenvalue weighted by molar-refractivity contribution is -0.119. The van der Waals surface area contributed by atoms with Crippen molar-refractivity contribution in [2.24, 2.45) is 5.10 Å². The third kappa shape index (κ3) is 5.07. The Labute approximate surface area is 163 Å². The van der Waals surface area contributed by atoms with Crippen LogP contribution in [0.2, 0.25) is 0 Å². The molecule has 0 unspecified atom stereocenters. The van der Waals surface area contributed by atoms with Crippen LogP contribution in [0.5, 0.6) is 5.75 Å². The number of nitrogens with zero attached hydrogens (tertiary/aromatic N) is 1.